The molecule has 4 nitrogen and oxygen atoms in total. The Balaban J connectivity index is 2.80. The van der Waals surface area contributed by atoms with Gasteiger partial charge in [-0.3, -0.25) is 0 Å². The third-order valence-corrected chi connectivity index (χ3v) is 1.64. The van der Waals surface area contributed by atoms with Crippen LogP contribution in [0.15, 0.2) is 36.1 Å². The molecule has 0 saturated carbocycles. The van der Waals surface area contributed by atoms with E-state index in [1.165, 1.54) is 19.1 Å². The van der Waals surface area contributed by atoms with Crippen molar-refractivity contribution < 1.29 is 32.5 Å². The molecule has 0 atom stereocenters. The molecule has 0 unspecified atom stereocenters. The topological polar surface area (TPSA) is 55.8 Å². The quantitative estimate of drug-likeness (QED) is 0.669. The maximum absolute atomic E-state index is 12.0. The molecule has 7 heteroatoms. The van der Waals surface area contributed by atoms with Gasteiger partial charge in [-0.2, -0.15) is 0 Å². The van der Waals surface area contributed by atoms with Gasteiger partial charge in [-0.25, -0.2) is 4.79 Å². The number of rotatable bonds is 4. The Morgan fingerprint density at radius 2 is 1.94 bits per heavy atom. The number of carbonyl (C=O) groups is 1. The van der Waals surface area contributed by atoms with E-state index in [2.05, 4.69) is 4.74 Å². The normalized spacial score (nSPS) is 12.1. The summed E-state index contributed by atoms with van der Waals surface area (Å²) in [7, 11) is 0. The first kappa shape index (κ1) is 13.9. The van der Waals surface area contributed by atoms with Crippen molar-refractivity contribution in [3.8, 4) is 11.5 Å². The van der Waals surface area contributed by atoms with Gasteiger partial charge in [0.1, 0.15) is 17.3 Å². The molecule has 1 N–H and O–H groups in total. The average molecular weight is 262 g/mol. The maximum atomic E-state index is 12.0. The van der Waals surface area contributed by atoms with Gasteiger partial charge in [-0.15, -0.1) is 13.2 Å². The highest BCUT2D eigenvalue weighted by Crippen LogP contribution is 2.26. The zero-order chi connectivity index (χ0) is 13.8. The molecule has 0 amide bonds. The summed E-state index contributed by atoms with van der Waals surface area (Å²) in [4.78, 5) is 10.3. The predicted molar refractivity (Wildman–Crippen MR) is 55.1 cm³/mol. The molecular formula is C11H9F3O4. The van der Waals surface area contributed by atoms with Crippen LogP contribution in [0.2, 0.25) is 0 Å². The minimum atomic E-state index is -4.79. The van der Waals surface area contributed by atoms with Crippen molar-refractivity contribution in [1.82, 2.24) is 0 Å². The van der Waals surface area contributed by atoms with Gasteiger partial charge in [-0.05, 0) is 19.1 Å². The molecule has 0 radical (unpaired) electrons. The minimum Gasteiger partial charge on any atom is -0.478 e. The van der Waals surface area contributed by atoms with Crippen LogP contribution < -0.4 is 9.47 Å². The van der Waals surface area contributed by atoms with E-state index in [1.54, 1.807) is 0 Å². The summed E-state index contributed by atoms with van der Waals surface area (Å²) >= 11 is 0. The first-order chi connectivity index (χ1) is 8.26. The molecule has 1 aromatic rings. The number of carboxylic acid groups (broad SMARTS) is 1. The van der Waals surface area contributed by atoms with Gasteiger partial charge in [0.05, 0.1) is 6.08 Å². The van der Waals surface area contributed by atoms with Crippen molar-refractivity contribution in [3.05, 3.63) is 36.1 Å². The number of hydrogen-bond donors (Lipinski definition) is 1. The fourth-order valence-corrected chi connectivity index (χ4v) is 1.12. The second kappa shape index (κ2) is 5.44. The Bertz CT molecular complexity index is 466. The molecule has 0 bridgehead atoms. The van der Waals surface area contributed by atoms with E-state index in [4.69, 9.17) is 9.84 Å². The van der Waals surface area contributed by atoms with Crippen LogP contribution in [-0.4, -0.2) is 17.4 Å². The molecule has 1 rings (SSSR count). The number of aliphatic carboxylic acids is 1. The molecule has 18 heavy (non-hydrogen) atoms. The maximum Gasteiger partial charge on any atom is 0.573 e. The summed E-state index contributed by atoms with van der Waals surface area (Å²) in [5, 5.41) is 8.44. The highest BCUT2D eigenvalue weighted by molar-refractivity contribution is 5.80. The predicted octanol–water partition coefficient (Wildman–Crippen LogP) is 2.95. The molecular weight excluding hydrogens is 253 g/mol. The van der Waals surface area contributed by atoms with E-state index in [-0.39, 0.29) is 11.5 Å². The van der Waals surface area contributed by atoms with Crippen LogP contribution in [0, 0.1) is 0 Å². The van der Waals surface area contributed by atoms with Crippen LogP contribution in [0.25, 0.3) is 0 Å². The van der Waals surface area contributed by atoms with Gasteiger partial charge in [-0.1, -0.05) is 6.07 Å². The molecule has 0 spiro atoms. The lowest BCUT2D eigenvalue weighted by Gasteiger charge is -2.10. The van der Waals surface area contributed by atoms with Gasteiger partial charge >= 0.3 is 12.3 Å². The number of benzene rings is 1. The molecule has 0 aliphatic heterocycles. The highest BCUT2D eigenvalue weighted by Gasteiger charge is 2.31. The van der Waals surface area contributed by atoms with Crippen LogP contribution in [0.4, 0.5) is 13.2 Å². The summed E-state index contributed by atoms with van der Waals surface area (Å²) in [6, 6.07) is 4.79. The molecule has 1 aromatic carbocycles. The molecule has 0 aliphatic rings. The van der Waals surface area contributed by atoms with E-state index >= 15 is 0 Å². The Morgan fingerprint density at radius 3 is 2.50 bits per heavy atom. The van der Waals surface area contributed by atoms with Crippen LogP contribution in [-0.2, 0) is 4.79 Å². The van der Waals surface area contributed by atoms with E-state index in [0.29, 0.717) is 0 Å². The summed E-state index contributed by atoms with van der Waals surface area (Å²) in [5.74, 6) is -1.57. The number of hydrogen-bond acceptors (Lipinski definition) is 3. The van der Waals surface area contributed by atoms with E-state index in [1.807, 2.05) is 0 Å². The van der Waals surface area contributed by atoms with E-state index in [0.717, 1.165) is 18.2 Å². The Morgan fingerprint density at radius 1 is 1.33 bits per heavy atom. The lowest BCUT2D eigenvalue weighted by Crippen LogP contribution is -2.17. The lowest BCUT2D eigenvalue weighted by atomic mass is 10.3. The van der Waals surface area contributed by atoms with Gasteiger partial charge in [0, 0.05) is 6.07 Å². The fourth-order valence-electron chi connectivity index (χ4n) is 1.12. The van der Waals surface area contributed by atoms with Crippen LogP contribution >= 0.6 is 0 Å². The Hall–Kier alpha value is -2.18. The van der Waals surface area contributed by atoms with Crippen molar-refractivity contribution in [3.63, 3.8) is 0 Å². The number of ether oxygens (including phenoxy) is 2. The number of alkyl halides is 3. The van der Waals surface area contributed by atoms with Crippen LogP contribution in [0.3, 0.4) is 0 Å². The fraction of sp³-hybridized carbons (Fsp3) is 0.182. The summed E-state index contributed by atoms with van der Waals surface area (Å²) in [5.41, 5.74) is 0. The Labute approximate surface area is 100 Å². The average Bonchev–Trinajstić information content (AvgIpc) is 2.13. The third kappa shape index (κ3) is 5.24. The second-order valence-electron chi connectivity index (χ2n) is 3.22. The zero-order valence-electron chi connectivity index (χ0n) is 9.19. The second-order valence-corrected chi connectivity index (χ2v) is 3.22. The summed E-state index contributed by atoms with van der Waals surface area (Å²) in [6.45, 7) is 1.37. The van der Waals surface area contributed by atoms with Crippen molar-refractivity contribution in [1.29, 1.82) is 0 Å². The summed E-state index contributed by atoms with van der Waals surface area (Å²) in [6.07, 6.45) is -4.00. The third-order valence-electron chi connectivity index (χ3n) is 1.64. The van der Waals surface area contributed by atoms with E-state index < -0.39 is 18.1 Å². The number of halogens is 3. The van der Waals surface area contributed by atoms with Crippen molar-refractivity contribution in [2.24, 2.45) is 0 Å². The first-order valence-corrected chi connectivity index (χ1v) is 4.71. The van der Waals surface area contributed by atoms with Crippen LogP contribution in [0.5, 0.6) is 11.5 Å². The molecule has 0 aliphatic carbocycles. The molecule has 0 heterocycles. The van der Waals surface area contributed by atoms with Gasteiger partial charge in [0.15, 0.2) is 0 Å². The van der Waals surface area contributed by atoms with Crippen molar-refractivity contribution >= 4 is 5.97 Å². The monoisotopic (exact) mass is 262 g/mol. The number of carboxylic acids is 1. The van der Waals surface area contributed by atoms with Gasteiger partial charge < -0.3 is 14.6 Å². The largest absolute Gasteiger partial charge is 0.573 e. The minimum absolute atomic E-state index is 0.0339. The lowest BCUT2D eigenvalue weighted by molar-refractivity contribution is -0.274. The molecule has 0 saturated heterocycles. The summed E-state index contributed by atoms with van der Waals surface area (Å²) < 4.78 is 44.6. The molecule has 98 valence electrons. The highest BCUT2D eigenvalue weighted by atomic mass is 19.4. The smallest absolute Gasteiger partial charge is 0.478 e. The van der Waals surface area contributed by atoms with Gasteiger partial charge in [0.25, 0.3) is 0 Å². The standard InChI is InChI=1S/C11H9F3O4/c1-7(5-10(15)16)17-8-3-2-4-9(6-8)18-11(12,13)14/h2-6H,1H3,(H,15,16)/b7-5+. The van der Waals surface area contributed by atoms with E-state index in [9.17, 15) is 18.0 Å². The van der Waals surface area contributed by atoms with Crippen molar-refractivity contribution in [2.45, 2.75) is 13.3 Å². The van der Waals surface area contributed by atoms with Crippen molar-refractivity contribution in [2.75, 3.05) is 0 Å². The van der Waals surface area contributed by atoms with Crippen LogP contribution in [0.1, 0.15) is 6.92 Å². The SMILES string of the molecule is C/C(=C\C(=O)O)Oc1cccc(OC(F)(F)F)c1. The Kier molecular flexibility index (Phi) is 4.19. The zero-order valence-corrected chi connectivity index (χ0v) is 9.19. The van der Waals surface area contributed by atoms with Gasteiger partial charge in [0.2, 0.25) is 0 Å². The molecule has 0 aromatic heterocycles. The first-order valence-electron chi connectivity index (χ1n) is 4.71. The molecule has 0 fully saturated rings. The number of allylic oxidation sites excluding steroid dienone is 1.